The van der Waals surface area contributed by atoms with Crippen LogP contribution in [0.2, 0.25) is 5.02 Å². The molecule has 0 atom stereocenters. The van der Waals surface area contributed by atoms with Crippen LogP contribution in [0.15, 0.2) is 61.9 Å². The second kappa shape index (κ2) is 10.1. The van der Waals surface area contributed by atoms with Gasteiger partial charge in [-0.25, -0.2) is 17.8 Å². The zero-order valence-corrected chi connectivity index (χ0v) is 20.3. The van der Waals surface area contributed by atoms with Gasteiger partial charge in [0, 0.05) is 30.4 Å². The van der Waals surface area contributed by atoms with Crippen LogP contribution in [0.4, 0.5) is 5.69 Å². The van der Waals surface area contributed by atoms with Gasteiger partial charge in [0.25, 0.3) is 5.56 Å². The van der Waals surface area contributed by atoms with Crippen molar-refractivity contribution in [2.45, 2.75) is 24.2 Å². The lowest BCUT2D eigenvalue weighted by Crippen LogP contribution is -2.35. The van der Waals surface area contributed by atoms with Gasteiger partial charge in [0.1, 0.15) is 17.0 Å². The molecule has 0 spiro atoms. The van der Waals surface area contributed by atoms with E-state index >= 15 is 0 Å². The van der Waals surface area contributed by atoms with Gasteiger partial charge in [-0.2, -0.15) is 4.31 Å². The van der Waals surface area contributed by atoms with E-state index in [9.17, 15) is 23.1 Å². The maximum atomic E-state index is 13.0. The van der Waals surface area contributed by atoms with Crippen LogP contribution in [0.5, 0.6) is 11.6 Å². The number of hydrogen-bond donors (Lipinski definition) is 2. The number of ether oxygens (including phenoxy) is 1. The number of rotatable bonds is 6. The molecule has 1 aliphatic heterocycles. The molecule has 3 aromatic rings. The van der Waals surface area contributed by atoms with Gasteiger partial charge in [-0.15, -0.1) is 0 Å². The molecule has 0 aliphatic carbocycles. The molecule has 0 amide bonds. The first-order valence-electron chi connectivity index (χ1n) is 10.8. The lowest BCUT2D eigenvalue weighted by Gasteiger charge is -2.26. The van der Waals surface area contributed by atoms with Gasteiger partial charge in [0.2, 0.25) is 15.9 Å². The number of benzene rings is 2. The number of hydrogen-bond acceptors (Lipinski definition) is 7. The number of nitrogens with one attached hydrogen (secondary N) is 1. The molecule has 0 saturated carbocycles. The molecule has 2 aromatic carbocycles. The molecule has 2 N–H and O–H groups in total. The largest absolute Gasteiger partial charge is 0.494 e. The van der Waals surface area contributed by atoms with E-state index in [2.05, 4.69) is 9.98 Å². The highest BCUT2D eigenvalue weighted by Crippen LogP contribution is 2.32. The molecule has 0 radical (unpaired) electrons. The summed E-state index contributed by atoms with van der Waals surface area (Å²) in [4.78, 5) is 31.1. The highest BCUT2D eigenvalue weighted by molar-refractivity contribution is 7.89. The molecule has 12 heteroatoms. The van der Waals surface area contributed by atoms with Crippen molar-refractivity contribution in [1.82, 2.24) is 13.9 Å². The molecular weight excluding hydrogens is 496 g/mol. The standard InChI is InChI=1S/C23H23ClN4O6S/c1-34-20-13-17(35(32,33)27-11-3-2-4-12-27)9-10-19(20)25-14-18-21(29)26-23(31)28(22(18)30)16-7-5-15(24)6-8-16/h5-10,13-14,30H,2-4,11-12H2,1H3,(H,26,29,31). The maximum Gasteiger partial charge on any atom is 0.335 e. The van der Waals surface area contributed by atoms with E-state index in [1.807, 2.05) is 0 Å². The minimum Gasteiger partial charge on any atom is -0.494 e. The first kappa shape index (κ1) is 24.7. The lowest BCUT2D eigenvalue weighted by molar-refractivity contribution is 0.346. The van der Waals surface area contributed by atoms with Crippen LogP contribution in [-0.2, 0) is 10.0 Å². The Labute approximate surface area is 206 Å². The summed E-state index contributed by atoms with van der Waals surface area (Å²) < 4.78 is 33.6. The zero-order valence-electron chi connectivity index (χ0n) is 18.8. The molecule has 1 saturated heterocycles. The van der Waals surface area contributed by atoms with Crippen molar-refractivity contribution < 1.29 is 18.3 Å². The number of halogens is 1. The Morgan fingerprint density at radius 2 is 1.77 bits per heavy atom. The Morgan fingerprint density at radius 1 is 1.09 bits per heavy atom. The van der Waals surface area contributed by atoms with E-state index in [-0.39, 0.29) is 27.6 Å². The number of aliphatic imine (C=N–C) groups is 1. The van der Waals surface area contributed by atoms with Crippen molar-refractivity contribution in [3.05, 3.63) is 73.9 Å². The van der Waals surface area contributed by atoms with Crippen molar-refractivity contribution >= 4 is 33.5 Å². The first-order chi connectivity index (χ1) is 16.7. The minimum atomic E-state index is -3.68. The average Bonchev–Trinajstić information content (AvgIpc) is 2.85. The van der Waals surface area contributed by atoms with Gasteiger partial charge in [-0.3, -0.25) is 14.8 Å². The van der Waals surface area contributed by atoms with Gasteiger partial charge in [-0.1, -0.05) is 18.0 Å². The van der Waals surface area contributed by atoms with Gasteiger partial charge in [-0.05, 0) is 49.2 Å². The third-order valence-corrected chi connectivity index (χ3v) is 7.79. The van der Waals surface area contributed by atoms with Crippen LogP contribution in [0, 0.1) is 0 Å². The van der Waals surface area contributed by atoms with Crippen LogP contribution in [0.3, 0.4) is 0 Å². The summed E-state index contributed by atoms with van der Waals surface area (Å²) in [6.07, 6.45) is 3.71. The Morgan fingerprint density at radius 3 is 2.43 bits per heavy atom. The average molecular weight is 519 g/mol. The van der Waals surface area contributed by atoms with Gasteiger partial charge < -0.3 is 9.84 Å². The topological polar surface area (TPSA) is 134 Å². The first-order valence-corrected chi connectivity index (χ1v) is 12.6. The molecule has 184 valence electrons. The van der Waals surface area contributed by atoms with Crippen LogP contribution >= 0.6 is 11.6 Å². The Hall–Kier alpha value is -3.41. The second-order valence-corrected chi connectivity index (χ2v) is 10.2. The molecular formula is C23H23ClN4O6S. The number of piperidine rings is 1. The summed E-state index contributed by atoms with van der Waals surface area (Å²) in [5, 5.41) is 11.1. The molecule has 2 heterocycles. The van der Waals surface area contributed by atoms with Crippen molar-refractivity contribution in [3.63, 3.8) is 0 Å². The molecule has 0 bridgehead atoms. The van der Waals surface area contributed by atoms with Crippen LogP contribution in [0.1, 0.15) is 24.8 Å². The van der Waals surface area contributed by atoms with E-state index in [1.165, 1.54) is 53.9 Å². The van der Waals surface area contributed by atoms with E-state index in [4.69, 9.17) is 16.3 Å². The van der Waals surface area contributed by atoms with Gasteiger partial charge in [0.15, 0.2) is 0 Å². The quantitative estimate of drug-likeness (QED) is 0.482. The van der Waals surface area contributed by atoms with Crippen molar-refractivity contribution in [1.29, 1.82) is 0 Å². The summed E-state index contributed by atoms with van der Waals surface area (Å²) in [6.45, 7) is 0.936. The number of aromatic amines is 1. The number of aromatic hydroxyl groups is 1. The highest BCUT2D eigenvalue weighted by Gasteiger charge is 2.26. The monoisotopic (exact) mass is 518 g/mol. The van der Waals surface area contributed by atoms with E-state index in [0.717, 1.165) is 30.0 Å². The fourth-order valence-electron chi connectivity index (χ4n) is 3.80. The molecule has 10 nitrogen and oxygen atoms in total. The molecule has 4 rings (SSSR count). The van der Waals surface area contributed by atoms with Crippen LogP contribution in [-0.4, -0.2) is 53.8 Å². The Balaban J connectivity index is 1.71. The number of H-pyrrole nitrogens is 1. The predicted molar refractivity (Wildman–Crippen MR) is 132 cm³/mol. The fraction of sp³-hybridized carbons (Fsp3) is 0.261. The summed E-state index contributed by atoms with van der Waals surface area (Å²) in [5.74, 6) is -0.450. The van der Waals surface area contributed by atoms with Crippen molar-refractivity contribution in [2.75, 3.05) is 20.2 Å². The summed E-state index contributed by atoms with van der Waals surface area (Å²) in [7, 11) is -2.31. The molecule has 0 unspecified atom stereocenters. The van der Waals surface area contributed by atoms with Crippen LogP contribution in [0.25, 0.3) is 5.69 Å². The Kier molecular flexibility index (Phi) is 7.10. The summed E-state index contributed by atoms with van der Waals surface area (Å²) >= 11 is 5.88. The summed E-state index contributed by atoms with van der Waals surface area (Å²) in [5.41, 5.74) is -1.44. The molecule has 1 aliphatic rings. The van der Waals surface area contributed by atoms with E-state index in [0.29, 0.717) is 18.1 Å². The third kappa shape index (κ3) is 5.02. The maximum absolute atomic E-state index is 13.0. The molecule has 35 heavy (non-hydrogen) atoms. The number of aromatic nitrogens is 2. The fourth-order valence-corrected chi connectivity index (χ4v) is 5.46. The lowest BCUT2D eigenvalue weighted by atomic mass is 10.2. The summed E-state index contributed by atoms with van der Waals surface area (Å²) in [6, 6.07) is 10.3. The predicted octanol–water partition coefficient (Wildman–Crippen LogP) is 2.82. The Bertz CT molecular complexity index is 1490. The van der Waals surface area contributed by atoms with Crippen LogP contribution < -0.4 is 16.0 Å². The minimum absolute atomic E-state index is 0.0761. The third-order valence-electron chi connectivity index (χ3n) is 5.64. The van der Waals surface area contributed by atoms with Crippen molar-refractivity contribution in [2.24, 2.45) is 4.99 Å². The van der Waals surface area contributed by atoms with E-state index < -0.39 is 27.2 Å². The number of sulfonamides is 1. The zero-order chi connectivity index (χ0) is 25.2. The highest BCUT2D eigenvalue weighted by atomic mass is 35.5. The smallest absolute Gasteiger partial charge is 0.335 e. The number of nitrogens with zero attached hydrogens (tertiary/aromatic N) is 3. The second-order valence-electron chi connectivity index (χ2n) is 7.86. The van der Waals surface area contributed by atoms with Gasteiger partial charge >= 0.3 is 5.69 Å². The molecule has 1 aromatic heterocycles. The van der Waals surface area contributed by atoms with Gasteiger partial charge in [0.05, 0.1) is 17.7 Å². The molecule has 1 fully saturated rings. The van der Waals surface area contributed by atoms with Crippen molar-refractivity contribution in [3.8, 4) is 17.3 Å². The van der Waals surface area contributed by atoms with E-state index in [1.54, 1.807) is 0 Å². The number of methoxy groups -OCH3 is 1. The SMILES string of the molecule is COc1cc(S(=O)(=O)N2CCCCC2)ccc1N=Cc1c(O)n(-c2ccc(Cl)cc2)c(=O)[nH]c1=O. The normalized spacial score (nSPS) is 14.9.